The van der Waals surface area contributed by atoms with Crippen LogP contribution in [0.15, 0.2) is 73.3 Å². The van der Waals surface area contributed by atoms with Crippen LogP contribution in [0, 0.1) is 5.92 Å². The molecule has 5 heteroatoms. The van der Waals surface area contributed by atoms with Crippen LogP contribution in [0.2, 0.25) is 0 Å². The summed E-state index contributed by atoms with van der Waals surface area (Å²) in [5, 5.41) is 0. The van der Waals surface area contributed by atoms with E-state index < -0.39 is 0 Å². The lowest BCUT2D eigenvalue weighted by Gasteiger charge is -2.32. The Bertz CT molecular complexity index is 906. The third-order valence-corrected chi connectivity index (χ3v) is 5.40. The second-order valence-electron chi connectivity index (χ2n) is 7.48. The fourth-order valence-corrected chi connectivity index (χ4v) is 3.72. The van der Waals surface area contributed by atoms with Crippen molar-refractivity contribution >= 4 is 5.91 Å². The van der Waals surface area contributed by atoms with Gasteiger partial charge in [-0.3, -0.25) is 14.8 Å². The van der Waals surface area contributed by atoms with Crippen molar-refractivity contribution in [2.75, 3.05) is 13.1 Å². The van der Waals surface area contributed by atoms with Crippen LogP contribution >= 0.6 is 0 Å². The van der Waals surface area contributed by atoms with Crippen LogP contribution in [0.5, 0.6) is 5.75 Å². The minimum Gasteiger partial charge on any atom is -0.487 e. The number of ether oxygens (including phenoxy) is 1. The van der Waals surface area contributed by atoms with Gasteiger partial charge in [-0.15, -0.1) is 0 Å². The van der Waals surface area contributed by atoms with Crippen molar-refractivity contribution in [1.29, 1.82) is 0 Å². The average Bonchev–Trinajstić information content (AvgIpc) is 2.80. The maximum Gasteiger partial charge on any atom is 0.255 e. The first-order valence-corrected chi connectivity index (χ1v) is 10.1. The summed E-state index contributed by atoms with van der Waals surface area (Å²) in [5.41, 5.74) is 3.16. The largest absolute Gasteiger partial charge is 0.487 e. The zero-order valence-electron chi connectivity index (χ0n) is 16.4. The highest BCUT2D eigenvalue weighted by Crippen LogP contribution is 2.23. The predicted octanol–water partition coefficient (Wildman–Crippen LogP) is 4.15. The molecule has 0 atom stereocenters. The van der Waals surface area contributed by atoms with Crippen molar-refractivity contribution in [2.45, 2.75) is 25.9 Å². The molecule has 0 spiro atoms. The van der Waals surface area contributed by atoms with Gasteiger partial charge in [-0.05, 0) is 60.6 Å². The molecule has 3 heterocycles. The Morgan fingerprint density at radius 3 is 2.28 bits per heavy atom. The van der Waals surface area contributed by atoms with Crippen LogP contribution in [0.1, 0.15) is 34.3 Å². The molecule has 0 bridgehead atoms. The molecule has 1 aromatic carbocycles. The van der Waals surface area contributed by atoms with Gasteiger partial charge >= 0.3 is 0 Å². The molecular weight excluding hydrogens is 362 g/mol. The van der Waals surface area contributed by atoms with Gasteiger partial charge in [0.25, 0.3) is 5.91 Å². The van der Waals surface area contributed by atoms with Crippen LogP contribution in [-0.4, -0.2) is 33.9 Å². The van der Waals surface area contributed by atoms with Crippen LogP contribution in [0.3, 0.4) is 0 Å². The summed E-state index contributed by atoms with van der Waals surface area (Å²) in [6.07, 6.45) is 9.93. The molecule has 4 rings (SSSR count). The van der Waals surface area contributed by atoms with Crippen molar-refractivity contribution in [3.8, 4) is 5.75 Å². The molecule has 0 unspecified atom stereocenters. The van der Waals surface area contributed by atoms with Crippen molar-refractivity contribution in [1.82, 2.24) is 14.9 Å². The van der Waals surface area contributed by atoms with E-state index in [1.165, 1.54) is 5.56 Å². The topological polar surface area (TPSA) is 55.3 Å². The maximum absolute atomic E-state index is 12.5. The van der Waals surface area contributed by atoms with Crippen molar-refractivity contribution in [2.24, 2.45) is 5.92 Å². The number of hydrogen-bond acceptors (Lipinski definition) is 4. The number of benzene rings is 1. The molecule has 29 heavy (non-hydrogen) atoms. The molecule has 1 fully saturated rings. The standard InChI is InChI=1S/C24H25N3O2/c28-24(22-3-1-11-25-16-22)27-13-9-20(10-14-27)15-19-5-7-21(8-6-19)18-29-23-4-2-12-26-17-23/h1-8,11-12,16-17,20H,9-10,13-15,18H2. The van der Waals surface area contributed by atoms with E-state index in [9.17, 15) is 4.79 Å². The highest BCUT2D eigenvalue weighted by atomic mass is 16.5. The van der Waals surface area contributed by atoms with E-state index in [2.05, 4.69) is 34.2 Å². The Balaban J connectivity index is 1.24. The number of carbonyl (C=O) groups is 1. The van der Waals surface area contributed by atoms with E-state index in [0.717, 1.165) is 43.7 Å². The highest BCUT2D eigenvalue weighted by Gasteiger charge is 2.23. The number of piperidine rings is 1. The zero-order chi connectivity index (χ0) is 19.9. The maximum atomic E-state index is 12.5. The van der Waals surface area contributed by atoms with E-state index in [-0.39, 0.29) is 5.91 Å². The van der Waals surface area contributed by atoms with Crippen LogP contribution < -0.4 is 4.74 Å². The fraction of sp³-hybridized carbons (Fsp3) is 0.292. The van der Waals surface area contributed by atoms with Gasteiger partial charge < -0.3 is 9.64 Å². The van der Waals surface area contributed by atoms with E-state index in [1.807, 2.05) is 29.2 Å². The quantitative estimate of drug-likeness (QED) is 0.638. The SMILES string of the molecule is O=C(c1cccnc1)N1CCC(Cc2ccc(COc3cccnc3)cc2)CC1. The van der Waals surface area contributed by atoms with E-state index >= 15 is 0 Å². The van der Waals surface area contributed by atoms with Gasteiger partial charge in [-0.1, -0.05) is 24.3 Å². The summed E-state index contributed by atoms with van der Waals surface area (Å²) < 4.78 is 5.75. The number of pyridine rings is 2. The summed E-state index contributed by atoms with van der Waals surface area (Å²) in [6, 6.07) is 16.1. The third-order valence-electron chi connectivity index (χ3n) is 5.40. The van der Waals surface area contributed by atoms with Gasteiger partial charge in [0.2, 0.25) is 0 Å². The number of nitrogens with zero attached hydrogens (tertiary/aromatic N) is 3. The number of rotatable bonds is 6. The summed E-state index contributed by atoms with van der Waals surface area (Å²) in [6.45, 7) is 2.17. The molecule has 148 valence electrons. The van der Waals surface area contributed by atoms with Gasteiger partial charge in [0.15, 0.2) is 0 Å². The first-order valence-electron chi connectivity index (χ1n) is 10.1. The monoisotopic (exact) mass is 387 g/mol. The lowest BCUT2D eigenvalue weighted by atomic mass is 9.89. The van der Waals surface area contributed by atoms with Gasteiger partial charge in [0.05, 0.1) is 11.8 Å². The zero-order valence-corrected chi connectivity index (χ0v) is 16.4. The van der Waals surface area contributed by atoms with Crippen LogP contribution in [0.25, 0.3) is 0 Å². The second kappa shape index (κ2) is 9.32. The van der Waals surface area contributed by atoms with Crippen molar-refractivity contribution in [3.05, 3.63) is 90.0 Å². The van der Waals surface area contributed by atoms with E-state index in [0.29, 0.717) is 18.1 Å². The first kappa shape index (κ1) is 19.1. The fourth-order valence-electron chi connectivity index (χ4n) is 3.72. The molecule has 0 saturated carbocycles. The molecule has 1 aliphatic heterocycles. The molecule has 0 N–H and O–H groups in total. The Kier molecular flexibility index (Phi) is 6.15. The third kappa shape index (κ3) is 5.19. The van der Waals surface area contributed by atoms with Gasteiger partial charge in [-0.25, -0.2) is 0 Å². The molecule has 1 aliphatic rings. The molecule has 3 aromatic rings. The van der Waals surface area contributed by atoms with Crippen molar-refractivity contribution < 1.29 is 9.53 Å². The molecular formula is C24H25N3O2. The Labute approximate surface area is 171 Å². The summed E-state index contributed by atoms with van der Waals surface area (Å²) in [7, 11) is 0. The average molecular weight is 387 g/mol. The summed E-state index contributed by atoms with van der Waals surface area (Å²) >= 11 is 0. The molecule has 0 radical (unpaired) electrons. The number of likely N-dealkylation sites (tertiary alicyclic amines) is 1. The summed E-state index contributed by atoms with van der Waals surface area (Å²) in [5.74, 6) is 1.49. The normalized spacial score (nSPS) is 14.6. The molecule has 1 amide bonds. The molecule has 5 nitrogen and oxygen atoms in total. The molecule has 2 aromatic heterocycles. The van der Waals surface area contributed by atoms with Gasteiger partial charge in [0, 0.05) is 31.7 Å². The number of hydrogen-bond donors (Lipinski definition) is 0. The van der Waals surface area contributed by atoms with Crippen LogP contribution in [0.4, 0.5) is 0 Å². The Morgan fingerprint density at radius 1 is 0.931 bits per heavy atom. The Hall–Kier alpha value is -3.21. The number of carbonyl (C=O) groups excluding carboxylic acids is 1. The van der Waals surface area contributed by atoms with Gasteiger partial charge in [0.1, 0.15) is 12.4 Å². The van der Waals surface area contributed by atoms with Crippen LogP contribution in [-0.2, 0) is 13.0 Å². The van der Waals surface area contributed by atoms with Gasteiger partial charge in [-0.2, -0.15) is 0 Å². The lowest BCUT2D eigenvalue weighted by Crippen LogP contribution is -2.38. The number of amides is 1. The van der Waals surface area contributed by atoms with Crippen molar-refractivity contribution in [3.63, 3.8) is 0 Å². The molecule has 1 saturated heterocycles. The first-order chi connectivity index (χ1) is 14.3. The smallest absolute Gasteiger partial charge is 0.255 e. The second-order valence-corrected chi connectivity index (χ2v) is 7.48. The lowest BCUT2D eigenvalue weighted by molar-refractivity contribution is 0.0690. The van der Waals surface area contributed by atoms with E-state index in [1.54, 1.807) is 24.8 Å². The predicted molar refractivity (Wildman–Crippen MR) is 112 cm³/mol. The minimum atomic E-state index is 0.0921. The highest BCUT2D eigenvalue weighted by molar-refractivity contribution is 5.93. The number of aromatic nitrogens is 2. The molecule has 0 aliphatic carbocycles. The summed E-state index contributed by atoms with van der Waals surface area (Å²) in [4.78, 5) is 22.6. The Morgan fingerprint density at radius 2 is 1.62 bits per heavy atom. The minimum absolute atomic E-state index is 0.0921. The van der Waals surface area contributed by atoms with E-state index in [4.69, 9.17) is 4.74 Å².